The summed E-state index contributed by atoms with van der Waals surface area (Å²) in [6.45, 7) is 4.14. The molecule has 0 N–H and O–H groups in total. The fraction of sp³-hybridized carbons (Fsp3) is 0.280. The molecule has 4 heteroatoms. The zero-order chi connectivity index (χ0) is 19.7. The molecule has 146 valence electrons. The maximum absolute atomic E-state index is 6.50. The predicted molar refractivity (Wildman–Crippen MR) is 114 cm³/mol. The van der Waals surface area contributed by atoms with Crippen molar-refractivity contribution in [1.29, 1.82) is 0 Å². The molecular weight excluding hydrogens is 358 g/mol. The number of fused-ring (bicyclic) bond motifs is 2. The highest BCUT2D eigenvalue weighted by Gasteiger charge is 2.46. The second-order valence-corrected chi connectivity index (χ2v) is 7.92. The summed E-state index contributed by atoms with van der Waals surface area (Å²) in [6, 6.07) is 22.7. The van der Waals surface area contributed by atoms with Crippen LogP contribution in [0, 0.1) is 5.92 Å². The van der Waals surface area contributed by atoms with Gasteiger partial charge in [0, 0.05) is 36.4 Å². The van der Waals surface area contributed by atoms with Crippen molar-refractivity contribution in [3.63, 3.8) is 0 Å². The molecule has 1 aromatic heterocycles. The van der Waals surface area contributed by atoms with Crippen molar-refractivity contribution >= 4 is 5.70 Å². The van der Waals surface area contributed by atoms with Gasteiger partial charge in [-0.3, -0.25) is 4.98 Å². The number of likely N-dealkylation sites (tertiary alicyclic amines) is 1. The van der Waals surface area contributed by atoms with E-state index in [1.807, 2.05) is 48.8 Å². The van der Waals surface area contributed by atoms with Crippen LogP contribution in [0.1, 0.15) is 18.9 Å². The number of ether oxygens (including phenoxy) is 1. The zero-order valence-electron chi connectivity index (χ0n) is 16.7. The number of hydrogen-bond donors (Lipinski definition) is 0. The van der Waals surface area contributed by atoms with E-state index in [2.05, 4.69) is 47.1 Å². The molecule has 4 nitrogen and oxygen atoms in total. The first-order chi connectivity index (χ1) is 14.2. The van der Waals surface area contributed by atoms with Crippen LogP contribution in [-0.2, 0) is 6.42 Å². The molecule has 0 aliphatic carbocycles. The molecule has 2 aliphatic heterocycles. The van der Waals surface area contributed by atoms with Gasteiger partial charge in [-0.1, -0.05) is 42.5 Å². The average molecular weight is 383 g/mol. The standard InChI is InChI=1S/C25H25N3O/c1-25(29-20-9-3-2-4-10-20)22-14-17-28(16-13-19-8-7-15-26-18-19)24(22)21-11-5-6-12-23(21)27-25/h2-12,15,18,22H,13-14,16-17H2,1H3. The van der Waals surface area contributed by atoms with Crippen LogP contribution >= 0.6 is 0 Å². The Hall–Kier alpha value is -3.14. The molecule has 5 rings (SSSR count). The highest BCUT2D eigenvalue weighted by Crippen LogP contribution is 2.41. The maximum Gasteiger partial charge on any atom is 0.206 e. The number of nitrogens with zero attached hydrogens (tertiary/aromatic N) is 3. The van der Waals surface area contributed by atoms with E-state index in [4.69, 9.17) is 9.73 Å². The van der Waals surface area contributed by atoms with Gasteiger partial charge in [0.1, 0.15) is 5.75 Å². The fourth-order valence-electron chi connectivity index (χ4n) is 4.61. The molecule has 29 heavy (non-hydrogen) atoms. The Bertz CT molecular complexity index is 1110. The quantitative estimate of drug-likeness (QED) is 0.679. The van der Waals surface area contributed by atoms with Gasteiger partial charge < -0.3 is 9.64 Å². The van der Waals surface area contributed by atoms with Crippen LogP contribution in [-0.4, -0.2) is 28.7 Å². The molecule has 3 heterocycles. The van der Waals surface area contributed by atoms with E-state index < -0.39 is 5.72 Å². The molecule has 0 spiro atoms. The molecular formula is C25H25N3O. The van der Waals surface area contributed by atoms with E-state index in [9.17, 15) is 0 Å². The number of benzene rings is 2. The van der Waals surface area contributed by atoms with Crippen LogP contribution in [0.2, 0.25) is 0 Å². The van der Waals surface area contributed by atoms with Crippen LogP contribution in [0.15, 0.2) is 84.1 Å². The SMILES string of the molecule is CC1(Oc2ccccc2)N=c2ccccc2=C2C1CCN2CCc1cccnc1. The third-order valence-electron chi connectivity index (χ3n) is 5.99. The highest BCUT2D eigenvalue weighted by atomic mass is 16.5. The Kier molecular flexibility index (Phi) is 4.55. The molecule has 2 atom stereocenters. The van der Waals surface area contributed by atoms with Crippen molar-refractivity contribution in [3.8, 4) is 5.75 Å². The Morgan fingerprint density at radius 2 is 1.86 bits per heavy atom. The summed E-state index contributed by atoms with van der Waals surface area (Å²) in [5.74, 6) is 1.11. The third-order valence-corrected chi connectivity index (χ3v) is 5.99. The minimum absolute atomic E-state index is 0.242. The first-order valence-corrected chi connectivity index (χ1v) is 10.3. The van der Waals surface area contributed by atoms with E-state index in [0.29, 0.717) is 0 Å². The van der Waals surface area contributed by atoms with Crippen molar-refractivity contribution in [2.45, 2.75) is 25.5 Å². The predicted octanol–water partition coefficient (Wildman–Crippen LogP) is 3.18. The second-order valence-electron chi connectivity index (χ2n) is 7.92. The van der Waals surface area contributed by atoms with Gasteiger partial charge in [0.05, 0.1) is 11.3 Å². The van der Waals surface area contributed by atoms with Gasteiger partial charge in [-0.15, -0.1) is 0 Å². The van der Waals surface area contributed by atoms with Gasteiger partial charge in [0.2, 0.25) is 5.72 Å². The van der Waals surface area contributed by atoms with Gasteiger partial charge in [-0.2, -0.15) is 0 Å². The van der Waals surface area contributed by atoms with Crippen LogP contribution in [0.5, 0.6) is 5.75 Å². The Morgan fingerprint density at radius 3 is 2.69 bits per heavy atom. The van der Waals surface area contributed by atoms with Gasteiger partial charge in [-0.05, 0) is 49.6 Å². The molecule has 0 saturated carbocycles. The van der Waals surface area contributed by atoms with Crippen LogP contribution < -0.4 is 15.3 Å². The highest BCUT2D eigenvalue weighted by molar-refractivity contribution is 5.52. The molecule has 2 aromatic carbocycles. The van der Waals surface area contributed by atoms with E-state index >= 15 is 0 Å². The molecule has 0 bridgehead atoms. The normalized spacial score (nSPS) is 22.6. The lowest BCUT2D eigenvalue weighted by Crippen LogP contribution is -2.49. The Labute approximate surface area is 171 Å². The van der Waals surface area contributed by atoms with E-state index in [-0.39, 0.29) is 5.92 Å². The molecule has 1 fully saturated rings. The number of rotatable bonds is 5. The number of pyridine rings is 1. The summed E-state index contributed by atoms with van der Waals surface area (Å²) in [7, 11) is 0. The molecule has 2 aliphatic rings. The Morgan fingerprint density at radius 1 is 1.03 bits per heavy atom. The lowest BCUT2D eigenvalue weighted by molar-refractivity contribution is 0.0527. The van der Waals surface area contributed by atoms with Crippen molar-refractivity contribution in [2.75, 3.05) is 13.1 Å². The number of hydrogen-bond acceptors (Lipinski definition) is 4. The fourth-order valence-corrected chi connectivity index (χ4v) is 4.61. The monoisotopic (exact) mass is 383 g/mol. The summed E-state index contributed by atoms with van der Waals surface area (Å²) >= 11 is 0. The van der Waals surface area contributed by atoms with E-state index in [0.717, 1.165) is 37.0 Å². The molecule has 0 radical (unpaired) electrons. The van der Waals surface area contributed by atoms with Gasteiger partial charge >= 0.3 is 0 Å². The average Bonchev–Trinajstić information content (AvgIpc) is 3.19. The topological polar surface area (TPSA) is 37.7 Å². The smallest absolute Gasteiger partial charge is 0.206 e. The molecule has 3 aromatic rings. The number of para-hydroxylation sites is 2. The summed E-state index contributed by atoms with van der Waals surface area (Å²) in [5.41, 5.74) is 2.04. The first kappa shape index (κ1) is 17.9. The van der Waals surface area contributed by atoms with Crippen LogP contribution in [0.25, 0.3) is 5.70 Å². The van der Waals surface area contributed by atoms with Gasteiger partial charge in [0.25, 0.3) is 0 Å². The zero-order valence-corrected chi connectivity index (χ0v) is 16.7. The minimum Gasteiger partial charge on any atom is -0.466 e. The van der Waals surface area contributed by atoms with Crippen molar-refractivity contribution in [2.24, 2.45) is 10.9 Å². The largest absolute Gasteiger partial charge is 0.466 e. The molecule has 1 saturated heterocycles. The van der Waals surface area contributed by atoms with Gasteiger partial charge in [0.15, 0.2) is 0 Å². The second kappa shape index (κ2) is 7.36. The lowest BCUT2D eigenvalue weighted by atomic mass is 9.89. The maximum atomic E-state index is 6.50. The third kappa shape index (κ3) is 3.39. The van der Waals surface area contributed by atoms with Crippen molar-refractivity contribution < 1.29 is 4.74 Å². The number of aromatic nitrogens is 1. The summed E-state index contributed by atoms with van der Waals surface area (Å²) in [4.78, 5) is 11.9. The van der Waals surface area contributed by atoms with Crippen LogP contribution in [0.3, 0.4) is 0 Å². The van der Waals surface area contributed by atoms with Gasteiger partial charge in [-0.25, -0.2) is 4.99 Å². The molecule has 0 amide bonds. The van der Waals surface area contributed by atoms with E-state index in [1.54, 1.807) is 0 Å². The Balaban J connectivity index is 1.51. The lowest BCUT2D eigenvalue weighted by Gasteiger charge is -2.36. The van der Waals surface area contributed by atoms with Crippen LogP contribution in [0.4, 0.5) is 0 Å². The summed E-state index contributed by atoms with van der Waals surface area (Å²) in [5, 5.41) is 2.26. The van der Waals surface area contributed by atoms with Crippen molar-refractivity contribution in [3.05, 3.63) is 95.3 Å². The van der Waals surface area contributed by atoms with Crippen molar-refractivity contribution in [1.82, 2.24) is 9.88 Å². The first-order valence-electron chi connectivity index (χ1n) is 10.3. The van der Waals surface area contributed by atoms with E-state index in [1.165, 1.54) is 16.5 Å². The molecule has 2 unspecified atom stereocenters. The summed E-state index contributed by atoms with van der Waals surface area (Å²) < 4.78 is 6.50. The minimum atomic E-state index is -0.603. The summed E-state index contributed by atoms with van der Waals surface area (Å²) in [6.07, 6.45) is 5.82.